The van der Waals surface area contributed by atoms with Gasteiger partial charge in [0.1, 0.15) is 11.8 Å². The summed E-state index contributed by atoms with van der Waals surface area (Å²) in [5, 5.41) is 18.9. The molecule has 6 heteroatoms. The number of hydrogen-bond donors (Lipinski definition) is 1. The van der Waals surface area contributed by atoms with E-state index in [1.54, 1.807) is 20.8 Å². The van der Waals surface area contributed by atoms with Gasteiger partial charge in [0.05, 0.1) is 12.6 Å². The van der Waals surface area contributed by atoms with Gasteiger partial charge in [0, 0.05) is 7.11 Å². The summed E-state index contributed by atoms with van der Waals surface area (Å²) < 4.78 is 10.4. The first kappa shape index (κ1) is 14.7. The molecule has 2 atom stereocenters. The highest BCUT2D eigenvalue weighted by Crippen LogP contribution is 2.27. The minimum absolute atomic E-state index is 0.100. The molecule has 1 heterocycles. The van der Waals surface area contributed by atoms with Crippen molar-refractivity contribution in [2.75, 3.05) is 13.7 Å². The lowest BCUT2D eigenvalue weighted by molar-refractivity contribution is -0.106. The number of piperidine rings is 1. The third kappa shape index (κ3) is 3.59. The summed E-state index contributed by atoms with van der Waals surface area (Å²) in [7, 11) is 1.48. The molecule has 6 nitrogen and oxygen atoms in total. The van der Waals surface area contributed by atoms with E-state index in [9.17, 15) is 9.90 Å². The summed E-state index contributed by atoms with van der Waals surface area (Å²) in [5.74, 6) is 0. The van der Waals surface area contributed by atoms with Gasteiger partial charge >= 0.3 is 6.09 Å². The number of carbonyl (C=O) groups is 1. The number of nitriles is 1. The SMILES string of the molecule is COC1CCC(O)(C#N)CN1C(=O)OC(C)(C)C. The van der Waals surface area contributed by atoms with E-state index in [-0.39, 0.29) is 13.0 Å². The van der Waals surface area contributed by atoms with Crippen molar-refractivity contribution in [1.82, 2.24) is 4.90 Å². The van der Waals surface area contributed by atoms with Crippen molar-refractivity contribution in [3.8, 4) is 6.07 Å². The number of rotatable bonds is 1. The molecule has 18 heavy (non-hydrogen) atoms. The number of likely N-dealkylation sites (tertiary alicyclic amines) is 1. The average molecular weight is 256 g/mol. The number of carbonyl (C=O) groups excluding carboxylic acids is 1. The maximum absolute atomic E-state index is 12.0. The topological polar surface area (TPSA) is 82.8 Å². The van der Waals surface area contributed by atoms with Gasteiger partial charge in [0.25, 0.3) is 0 Å². The third-order valence-electron chi connectivity index (χ3n) is 2.69. The Labute approximate surface area is 107 Å². The Morgan fingerprint density at radius 3 is 2.61 bits per heavy atom. The van der Waals surface area contributed by atoms with Crippen molar-refractivity contribution in [2.45, 2.75) is 51.0 Å². The molecule has 0 aliphatic carbocycles. The molecule has 1 N–H and O–H groups in total. The quantitative estimate of drug-likeness (QED) is 0.714. The first-order valence-electron chi connectivity index (χ1n) is 5.87. The normalized spacial score (nSPS) is 28.7. The summed E-state index contributed by atoms with van der Waals surface area (Å²) in [6, 6.07) is 1.82. The molecule has 0 aromatic carbocycles. The fourth-order valence-electron chi connectivity index (χ4n) is 1.82. The van der Waals surface area contributed by atoms with Crippen LogP contribution in [-0.4, -0.2) is 47.2 Å². The van der Waals surface area contributed by atoms with Gasteiger partial charge in [-0.1, -0.05) is 0 Å². The predicted octanol–water partition coefficient (Wildman–Crippen LogP) is 1.24. The second kappa shape index (κ2) is 5.12. The molecule has 0 spiro atoms. The van der Waals surface area contributed by atoms with Crippen molar-refractivity contribution in [3.63, 3.8) is 0 Å². The first-order chi connectivity index (χ1) is 8.21. The van der Waals surface area contributed by atoms with Crippen LogP contribution < -0.4 is 0 Å². The molecule has 0 saturated carbocycles. The van der Waals surface area contributed by atoms with Crippen LogP contribution in [0, 0.1) is 11.3 Å². The zero-order valence-corrected chi connectivity index (χ0v) is 11.3. The van der Waals surface area contributed by atoms with E-state index in [0.29, 0.717) is 6.42 Å². The molecule has 0 aromatic heterocycles. The molecule has 1 saturated heterocycles. The predicted molar refractivity (Wildman–Crippen MR) is 63.5 cm³/mol. The number of nitrogens with zero attached hydrogens (tertiary/aromatic N) is 2. The molecule has 102 valence electrons. The second-order valence-electron chi connectivity index (χ2n) is 5.48. The zero-order valence-electron chi connectivity index (χ0n) is 11.3. The molecule has 0 radical (unpaired) electrons. The largest absolute Gasteiger partial charge is 0.444 e. The van der Waals surface area contributed by atoms with Gasteiger partial charge in [0.2, 0.25) is 0 Å². The van der Waals surface area contributed by atoms with E-state index in [2.05, 4.69) is 0 Å². The van der Waals surface area contributed by atoms with Crippen LogP contribution in [0.5, 0.6) is 0 Å². The minimum atomic E-state index is -1.52. The molecule has 1 fully saturated rings. The molecule has 1 aliphatic rings. The monoisotopic (exact) mass is 256 g/mol. The van der Waals surface area contributed by atoms with Gasteiger partial charge in [-0.3, -0.25) is 4.90 Å². The Balaban J connectivity index is 2.81. The average Bonchev–Trinajstić information content (AvgIpc) is 2.27. The smallest absolute Gasteiger partial charge is 0.412 e. The second-order valence-corrected chi connectivity index (χ2v) is 5.48. The summed E-state index contributed by atoms with van der Waals surface area (Å²) in [4.78, 5) is 13.3. The van der Waals surface area contributed by atoms with Crippen LogP contribution in [0.1, 0.15) is 33.6 Å². The Kier molecular flexibility index (Phi) is 4.20. The van der Waals surface area contributed by atoms with Crippen molar-refractivity contribution >= 4 is 6.09 Å². The van der Waals surface area contributed by atoms with E-state index in [0.717, 1.165) is 0 Å². The van der Waals surface area contributed by atoms with Crippen molar-refractivity contribution in [1.29, 1.82) is 5.26 Å². The standard InChI is InChI=1S/C12H20N2O4/c1-11(2,3)18-10(15)14-8-12(16,7-13)6-5-9(14)17-4/h9,16H,5-6,8H2,1-4H3. The Morgan fingerprint density at radius 1 is 1.56 bits per heavy atom. The van der Waals surface area contributed by atoms with Gasteiger partial charge in [-0.15, -0.1) is 0 Å². The van der Waals surface area contributed by atoms with Gasteiger partial charge in [-0.05, 0) is 33.6 Å². The van der Waals surface area contributed by atoms with Gasteiger partial charge in [0.15, 0.2) is 5.60 Å². The fraction of sp³-hybridized carbons (Fsp3) is 0.833. The summed E-state index contributed by atoms with van der Waals surface area (Å²) in [6.07, 6.45) is -0.364. The number of methoxy groups -OCH3 is 1. The molecular weight excluding hydrogens is 236 g/mol. The number of amides is 1. The molecular formula is C12H20N2O4. The fourth-order valence-corrected chi connectivity index (χ4v) is 1.82. The van der Waals surface area contributed by atoms with Crippen LogP contribution >= 0.6 is 0 Å². The molecule has 1 amide bonds. The van der Waals surface area contributed by atoms with Gasteiger partial charge < -0.3 is 14.6 Å². The highest BCUT2D eigenvalue weighted by atomic mass is 16.6. The Bertz CT molecular complexity index is 358. The summed E-state index contributed by atoms with van der Waals surface area (Å²) in [6.45, 7) is 5.17. The van der Waals surface area contributed by atoms with Crippen LogP contribution in [0.15, 0.2) is 0 Å². The first-order valence-corrected chi connectivity index (χ1v) is 5.87. The zero-order chi connectivity index (χ0) is 14.0. The van der Waals surface area contributed by atoms with Gasteiger partial charge in [-0.25, -0.2) is 4.79 Å². The van der Waals surface area contributed by atoms with Gasteiger partial charge in [-0.2, -0.15) is 5.26 Å². The van der Waals surface area contributed by atoms with Crippen LogP contribution in [0.25, 0.3) is 0 Å². The lowest BCUT2D eigenvalue weighted by Crippen LogP contribution is -2.55. The lowest BCUT2D eigenvalue weighted by Gasteiger charge is -2.40. The van der Waals surface area contributed by atoms with Crippen molar-refractivity contribution in [2.24, 2.45) is 0 Å². The lowest BCUT2D eigenvalue weighted by atomic mass is 9.94. The van der Waals surface area contributed by atoms with Crippen LogP contribution in [0.3, 0.4) is 0 Å². The Hall–Kier alpha value is -1.32. The molecule has 0 aromatic rings. The minimum Gasteiger partial charge on any atom is -0.444 e. The molecule has 1 rings (SSSR count). The van der Waals surface area contributed by atoms with E-state index < -0.39 is 23.5 Å². The maximum Gasteiger partial charge on any atom is 0.412 e. The van der Waals surface area contributed by atoms with Crippen molar-refractivity contribution in [3.05, 3.63) is 0 Å². The maximum atomic E-state index is 12.0. The number of ether oxygens (including phenoxy) is 2. The number of hydrogen-bond acceptors (Lipinski definition) is 5. The summed E-state index contributed by atoms with van der Waals surface area (Å²) in [5.41, 5.74) is -2.15. The van der Waals surface area contributed by atoms with Crippen molar-refractivity contribution < 1.29 is 19.4 Å². The number of aliphatic hydroxyl groups is 1. The van der Waals surface area contributed by atoms with E-state index in [1.165, 1.54) is 12.0 Å². The van der Waals surface area contributed by atoms with E-state index >= 15 is 0 Å². The van der Waals surface area contributed by atoms with Crippen LogP contribution in [-0.2, 0) is 9.47 Å². The van der Waals surface area contributed by atoms with E-state index in [1.807, 2.05) is 6.07 Å². The van der Waals surface area contributed by atoms with Crippen LogP contribution in [0.4, 0.5) is 4.79 Å². The highest BCUT2D eigenvalue weighted by Gasteiger charge is 2.42. The highest BCUT2D eigenvalue weighted by molar-refractivity contribution is 5.68. The molecule has 2 unspecified atom stereocenters. The summed E-state index contributed by atoms with van der Waals surface area (Å²) >= 11 is 0. The molecule has 1 aliphatic heterocycles. The van der Waals surface area contributed by atoms with Crippen LogP contribution in [0.2, 0.25) is 0 Å². The number of β-amino-alcohol motifs (C(OH)–C–C–N with tert-alkyl or cyclic N) is 1. The third-order valence-corrected chi connectivity index (χ3v) is 2.69. The Morgan fingerprint density at radius 2 is 2.17 bits per heavy atom. The van der Waals surface area contributed by atoms with E-state index in [4.69, 9.17) is 14.7 Å². The molecule has 0 bridgehead atoms.